The minimum absolute atomic E-state index is 0.0612. The summed E-state index contributed by atoms with van der Waals surface area (Å²) in [6.45, 7) is 0. The SMILES string of the molecule is O=C(N=Nc1ccc(NOC(=O)c2ccc(Br)cc2)cc1)c1cccc([N+](=O)[O-])c1. The number of amides is 1. The van der Waals surface area contributed by atoms with Gasteiger partial charge in [-0.2, -0.15) is 0 Å². The third-order valence-electron chi connectivity index (χ3n) is 3.77. The summed E-state index contributed by atoms with van der Waals surface area (Å²) in [6.07, 6.45) is 0. The standard InChI is InChI=1S/C20H13BrN4O5/c21-15-6-4-13(5-7-15)20(27)30-24-17-10-8-16(9-11-17)22-23-19(26)14-2-1-3-18(12-14)25(28)29/h1-12,24H. The molecule has 0 aromatic heterocycles. The van der Waals surface area contributed by atoms with Crippen molar-refractivity contribution >= 4 is 44.9 Å². The second-order valence-electron chi connectivity index (χ2n) is 5.86. The van der Waals surface area contributed by atoms with E-state index in [0.717, 1.165) is 10.5 Å². The van der Waals surface area contributed by atoms with Gasteiger partial charge in [-0.05, 0) is 54.6 Å². The Morgan fingerprint density at radius 2 is 1.67 bits per heavy atom. The highest BCUT2D eigenvalue weighted by Gasteiger charge is 2.11. The monoisotopic (exact) mass is 468 g/mol. The number of non-ortho nitro benzene ring substituents is 1. The van der Waals surface area contributed by atoms with Gasteiger partial charge in [-0.15, -0.1) is 10.2 Å². The Hall–Kier alpha value is -3.92. The molecule has 0 aliphatic carbocycles. The Morgan fingerprint density at radius 1 is 0.967 bits per heavy atom. The molecule has 0 unspecified atom stereocenters. The van der Waals surface area contributed by atoms with Crippen LogP contribution in [0, 0.1) is 10.1 Å². The lowest BCUT2D eigenvalue weighted by Crippen LogP contribution is -2.10. The zero-order valence-corrected chi connectivity index (χ0v) is 16.8. The molecule has 150 valence electrons. The first-order valence-corrected chi connectivity index (χ1v) is 9.25. The zero-order chi connectivity index (χ0) is 21.5. The number of nitrogens with zero attached hydrogens (tertiary/aromatic N) is 3. The molecule has 9 nitrogen and oxygen atoms in total. The summed E-state index contributed by atoms with van der Waals surface area (Å²) in [6, 6.07) is 18.2. The molecule has 3 aromatic rings. The van der Waals surface area contributed by atoms with Crippen molar-refractivity contribution in [2.24, 2.45) is 10.2 Å². The maximum atomic E-state index is 12.0. The van der Waals surface area contributed by atoms with Gasteiger partial charge in [0.15, 0.2) is 0 Å². The van der Waals surface area contributed by atoms with E-state index in [1.165, 1.54) is 18.2 Å². The number of azo groups is 1. The van der Waals surface area contributed by atoms with Crippen molar-refractivity contribution in [3.63, 3.8) is 0 Å². The number of nitro groups is 1. The number of carbonyl (C=O) groups is 2. The third kappa shape index (κ3) is 5.55. The molecular weight excluding hydrogens is 456 g/mol. The number of nitrogens with one attached hydrogen (secondary N) is 1. The number of halogens is 1. The molecule has 1 amide bonds. The van der Waals surface area contributed by atoms with Crippen molar-refractivity contribution in [2.45, 2.75) is 0 Å². The van der Waals surface area contributed by atoms with Gasteiger partial charge in [0.2, 0.25) is 0 Å². The van der Waals surface area contributed by atoms with Crippen LogP contribution in [0.15, 0.2) is 87.5 Å². The zero-order valence-electron chi connectivity index (χ0n) is 15.2. The number of anilines is 1. The van der Waals surface area contributed by atoms with Crippen LogP contribution < -0.4 is 5.48 Å². The van der Waals surface area contributed by atoms with Crippen molar-refractivity contribution in [1.82, 2.24) is 0 Å². The predicted octanol–water partition coefficient (Wildman–Crippen LogP) is 5.47. The number of hydrogen-bond donors (Lipinski definition) is 1. The molecule has 0 saturated heterocycles. The maximum absolute atomic E-state index is 12.0. The van der Waals surface area contributed by atoms with Crippen LogP contribution in [0.5, 0.6) is 0 Å². The van der Waals surface area contributed by atoms with E-state index in [4.69, 9.17) is 4.84 Å². The van der Waals surface area contributed by atoms with E-state index in [1.54, 1.807) is 48.5 Å². The fourth-order valence-corrected chi connectivity index (χ4v) is 2.52. The summed E-state index contributed by atoms with van der Waals surface area (Å²) in [7, 11) is 0. The smallest absolute Gasteiger partial charge is 0.338 e. The van der Waals surface area contributed by atoms with Crippen molar-refractivity contribution in [1.29, 1.82) is 0 Å². The van der Waals surface area contributed by atoms with Crippen LogP contribution in [0.4, 0.5) is 17.1 Å². The van der Waals surface area contributed by atoms with Gasteiger partial charge in [-0.3, -0.25) is 14.9 Å². The molecule has 0 spiro atoms. The van der Waals surface area contributed by atoms with E-state index in [1.807, 2.05) is 0 Å². The van der Waals surface area contributed by atoms with Crippen LogP contribution in [-0.2, 0) is 4.84 Å². The molecule has 30 heavy (non-hydrogen) atoms. The quantitative estimate of drug-likeness (QED) is 0.290. The molecule has 0 saturated carbocycles. The minimum atomic E-state index is -0.704. The molecule has 0 radical (unpaired) electrons. The Kier molecular flexibility index (Phi) is 6.60. The van der Waals surface area contributed by atoms with E-state index in [9.17, 15) is 19.7 Å². The first-order chi connectivity index (χ1) is 14.4. The summed E-state index contributed by atoms with van der Waals surface area (Å²) in [5.74, 6) is -1.25. The Labute approximate surface area is 178 Å². The van der Waals surface area contributed by atoms with Gasteiger partial charge in [-0.25, -0.2) is 10.3 Å². The lowest BCUT2D eigenvalue weighted by Gasteiger charge is -2.07. The van der Waals surface area contributed by atoms with Gasteiger partial charge < -0.3 is 4.84 Å². The molecule has 10 heteroatoms. The van der Waals surface area contributed by atoms with Crippen LogP contribution in [0.25, 0.3) is 0 Å². The van der Waals surface area contributed by atoms with Gasteiger partial charge in [0.25, 0.3) is 11.6 Å². The molecule has 1 N–H and O–H groups in total. The topological polar surface area (TPSA) is 123 Å². The number of rotatable bonds is 6. The number of nitro benzene ring substituents is 1. The molecule has 3 aromatic carbocycles. The highest BCUT2D eigenvalue weighted by molar-refractivity contribution is 9.10. The molecule has 0 fully saturated rings. The van der Waals surface area contributed by atoms with Crippen LogP contribution in [0.3, 0.4) is 0 Å². The second kappa shape index (κ2) is 9.52. The third-order valence-corrected chi connectivity index (χ3v) is 4.30. The molecule has 0 atom stereocenters. The summed E-state index contributed by atoms with van der Waals surface area (Å²) in [5.41, 5.74) is 3.63. The largest absolute Gasteiger partial charge is 0.362 e. The summed E-state index contributed by atoms with van der Waals surface area (Å²) in [4.78, 5) is 39.2. The van der Waals surface area contributed by atoms with E-state index >= 15 is 0 Å². The molecule has 0 bridgehead atoms. The Balaban J connectivity index is 1.58. The van der Waals surface area contributed by atoms with Crippen molar-refractivity contribution in [3.05, 3.63) is 98.5 Å². The molecule has 0 aliphatic heterocycles. The van der Waals surface area contributed by atoms with Crippen molar-refractivity contribution in [2.75, 3.05) is 5.48 Å². The highest BCUT2D eigenvalue weighted by atomic mass is 79.9. The Bertz CT molecular complexity index is 1110. The summed E-state index contributed by atoms with van der Waals surface area (Å²) in [5, 5.41) is 18.2. The van der Waals surface area contributed by atoms with E-state index in [2.05, 4.69) is 31.6 Å². The van der Waals surface area contributed by atoms with Crippen molar-refractivity contribution < 1.29 is 19.3 Å². The molecule has 0 heterocycles. The predicted molar refractivity (Wildman–Crippen MR) is 112 cm³/mol. The number of hydrogen-bond acceptors (Lipinski definition) is 7. The van der Waals surface area contributed by atoms with Gasteiger partial charge in [0, 0.05) is 16.6 Å². The van der Waals surface area contributed by atoms with Crippen LogP contribution in [-0.4, -0.2) is 16.8 Å². The van der Waals surface area contributed by atoms with Crippen LogP contribution in [0.2, 0.25) is 0 Å². The van der Waals surface area contributed by atoms with Crippen LogP contribution in [0.1, 0.15) is 20.7 Å². The number of carbonyl (C=O) groups excluding carboxylic acids is 2. The Morgan fingerprint density at radius 3 is 2.33 bits per heavy atom. The summed E-state index contributed by atoms with van der Waals surface area (Å²) < 4.78 is 0.848. The van der Waals surface area contributed by atoms with Gasteiger partial charge in [0.05, 0.1) is 27.4 Å². The maximum Gasteiger partial charge on any atom is 0.362 e. The highest BCUT2D eigenvalue weighted by Crippen LogP contribution is 2.19. The van der Waals surface area contributed by atoms with Gasteiger partial charge in [0.1, 0.15) is 0 Å². The summed E-state index contributed by atoms with van der Waals surface area (Å²) >= 11 is 3.29. The first kappa shape index (κ1) is 20.8. The van der Waals surface area contributed by atoms with E-state index in [0.29, 0.717) is 16.9 Å². The first-order valence-electron chi connectivity index (χ1n) is 8.46. The van der Waals surface area contributed by atoms with Crippen LogP contribution >= 0.6 is 15.9 Å². The lowest BCUT2D eigenvalue weighted by atomic mass is 10.2. The molecular formula is C20H13BrN4O5. The second-order valence-corrected chi connectivity index (χ2v) is 6.77. The lowest BCUT2D eigenvalue weighted by molar-refractivity contribution is -0.384. The van der Waals surface area contributed by atoms with Gasteiger partial charge in [-0.1, -0.05) is 22.0 Å². The van der Waals surface area contributed by atoms with Crippen molar-refractivity contribution in [3.8, 4) is 0 Å². The molecule has 0 aliphatic rings. The van der Waals surface area contributed by atoms with Gasteiger partial charge >= 0.3 is 5.97 Å². The van der Waals surface area contributed by atoms with E-state index < -0.39 is 16.8 Å². The average molecular weight is 469 g/mol. The normalized spacial score (nSPS) is 10.6. The fraction of sp³-hybridized carbons (Fsp3) is 0. The average Bonchev–Trinajstić information content (AvgIpc) is 2.77. The van der Waals surface area contributed by atoms with E-state index in [-0.39, 0.29) is 11.3 Å². The molecule has 3 rings (SSSR count). The minimum Gasteiger partial charge on any atom is -0.338 e. The fourth-order valence-electron chi connectivity index (χ4n) is 2.26. The number of benzene rings is 3.